The Bertz CT molecular complexity index is 1270. The predicted octanol–water partition coefficient (Wildman–Crippen LogP) is 1.71. The first-order chi connectivity index (χ1) is 16.4. The number of hydrogen-bond acceptors (Lipinski definition) is 7. The van der Waals surface area contributed by atoms with Gasteiger partial charge in [-0.1, -0.05) is 24.3 Å². The van der Waals surface area contributed by atoms with E-state index in [-0.39, 0.29) is 28.7 Å². The fraction of sp³-hybridized carbons (Fsp3) is 0.320. The van der Waals surface area contributed by atoms with E-state index in [1.54, 1.807) is 31.2 Å². The molecule has 1 fully saturated rings. The van der Waals surface area contributed by atoms with E-state index in [0.29, 0.717) is 34.6 Å². The first-order valence-electron chi connectivity index (χ1n) is 11.4. The quantitative estimate of drug-likeness (QED) is 0.246. The van der Waals surface area contributed by atoms with Gasteiger partial charge in [0.25, 0.3) is 0 Å². The minimum Gasteiger partial charge on any atom is -0.571 e. The molecule has 0 bridgehead atoms. The minimum atomic E-state index is -0.388. The second-order valence-electron chi connectivity index (χ2n) is 8.66. The van der Waals surface area contributed by atoms with Crippen molar-refractivity contribution in [1.82, 2.24) is 14.7 Å². The predicted molar refractivity (Wildman–Crippen MR) is 124 cm³/mol. The van der Waals surface area contributed by atoms with Gasteiger partial charge in [0.1, 0.15) is 0 Å². The van der Waals surface area contributed by atoms with Crippen LogP contribution in [0, 0.1) is 5.21 Å². The van der Waals surface area contributed by atoms with Crippen LogP contribution in [0.2, 0.25) is 0 Å². The molecule has 2 heterocycles. The van der Waals surface area contributed by atoms with E-state index in [9.17, 15) is 19.6 Å². The number of hydrogen-bond donors (Lipinski definition) is 0. The molecule has 1 aromatic heterocycles. The summed E-state index contributed by atoms with van der Waals surface area (Å²) < 4.78 is 1.28. The van der Waals surface area contributed by atoms with Crippen LogP contribution in [0.1, 0.15) is 55.8 Å². The number of rotatable bonds is 6. The van der Waals surface area contributed by atoms with Crippen LogP contribution in [-0.4, -0.2) is 64.8 Å². The highest BCUT2D eigenvalue weighted by Gasteiger charge is 2.39. The number of aromatic nitrogens is 3. The van der Waals surface area contributed by atoms with Crippen molar-refractivity contribution in [2.75, 3.05) is 37.6 Å². The smallest absolute Gasteiger partial charge is 0.220 e. The molecule has 0 unspecified atom stereocenters. The molecule has 3 aromatic rings. The van der Waals surface area contributed by atoms with E-state index in [1.807, 2.05) is 24.3 Å². The van der Waals surface area contributed by atoms with Crippen molar-refractivity contribution in [2.24, 2.45) is 0 Å². The van der Waals surface area contributed by atoms with Gasteiger partial charge in [0.15, 0.2) is 11.5 Å². The van der Waals surface area contributed by atoms with Crippen molar-refractivity contribution in [3.63, 3.8) is 0 Å². The maximum Gasteiger partial charge on any atom is 0.220 e. The SMILES string of the molecule is CC(=O)c1ccc(N2CCN(CCCn3c4c(n[n+]3[O-])C(=O)c3ccccc3C4=O)CC2)cc1. The van der Waals surface area contributed by atoms with Crippen LogP contribution in [0.25, 0.3) is 0 Å². The van der Waals surface area contributed by atoms with E-state index in [2.05, 4.69) is 14.9 Å². The molecule has 1 aliphatic heterocycles. The molecule has 2 aromatic carbocycles. The van der Waals surface area contributed by atoms with Gasteiger partial charge in [-0.25, -0.2) is 0 Å². The van der Waals surface area contributed by atoms with E-state index in [4.69, 9.17) is 0 Å². The number of fused-ring (bicyclic) bond motifs is 2. The molecule has 0 N–H and O–H groups in total. The molecule has 0 amide bonds. The average Bonchev–Trinajstić information content (AvgIpc) is 3.19. The number of piperazine rings is 1. The van der Waals surface area contributed by atoms with Gasteiger partial charge in [-0.15, -0.1) is 4.68 Å². The van der Waals surface area contributed by atoms with Crippen LogP contribution in [-0.2, 0) is 6.54 Å². The number of carbonyl (C=O) groups excluding carboxylic acids is 3. The molecule has 174 valence electrons. The summed E-state index contributed by atoms with van der Waals surface area (Å²) in [7, 11) is 0. The van der Waals surface area contributed by atoms with E-state index >= 15 is 0 Å². The van der Waals surface area contributed by atoms with Crippen molar-refractivity contribution in [3.05, 3.63) is 81.8 Å². The van der Waals surface area contributed by atoms with Gasteiger partial charge in [0, 0.05) is 65.2 Å². The van der Waals surface area contributed by atoms with E-state index < -0.39 is 0 Å². The lowest BCUT2D eigenvalue weighted by molar-refractivity contribution is -0.749. The normalized spacial score (nSPS) is 15.9. The molecule has 0 saturated carbocycles. The molecule has 5 rings (SSSR count). The lowest BCUT2D eigenvalue weighted by Gasteiger charge is -2.36. The molecule has 34 heavy (non-hydrogen) atoms. The standard InChI is InChI=1S/C25H25N5O4/c1-17(31)18-7-9-19(10-8-18)28-15-13-27(14-16-28)11-4-12-29-23-22(26-30(29)34)24(32)20-5-2-3-6-21(20)25(23)33/h2-3,5-10H,4,11-16H2,1H3. The van der Waals surface area contributed by atoms with Crippen LogP contribution in [0.3, 0.4) is 0 Å². The maximum absolute atomic E-state index is 13.0. The monoisotopic (exact) mass is 459 g/mol. The zero-order chi connectivity index (χ0) is 23.8. The highest BCUT2D eigenvalue weighted by atomic mass is 16.5. The average molecular weight is 460 g/mol. The Hall–Kier alpha value is -3.85. The van der Waals surface area contributed by atoms with Gasteiger partial charge in [-0.05, 0) is 37.6 Å². The van der Waals surface area contributed by atoms with Crippen molar-refractivity contribution < 1.29 is 19.3 Å². The fourth-order valence-electron chi connectivity index (χ4n) is 4.68. The fourth-order valence-corrected chi connectivity index (χ4v) is 4.68. The summed E-state index contributed by atoms with van der Waals surface area (Å²) in [5.74, 6) is -0.664. The summed E-state index contributed by atoms with van der Waals surface area (Å²) in [6.07, 6.45) is 0.654. The molecule has 0 atom stereocenters. The van der Waals surface area contributed by atoms with Crippen molar-refractivity contribution in [1.29, 1.82) is 0 Å². The van der Waals surface area contributed by atoms with Gasteiger partial charge in [-0.2, -0.15) is 0 Å². The lowest BCUT2D eigenvalue weighted by atomic mass is 9.90. The van der Waals surface area contributed by atoms with Crippen LogP contribution in [0.5, 0.6) is 0 Å². The zero-order valence-corrected chi connectivity index (χ0v) is 18.9. The largest absolute Gasteiger partial charge is 0.571 e. The summed E-state index contributed by atoms with van der Waals surface area (Å²) in [5, 5.41) is 16.2. The Balaban J connectivity index is 1.19. The number of carbonyl (C=O) groups is 3. The minimum absolute atomic E-state index is 0.0604. The van der Waals surface area contributed by atoms with Crippen LogP contribution in [0.15, 0.2) is 48.5 Å². The summed E-state index contributed by atoms with van der Waals surface area (Å²) in [6.45, 7) is 6.12. The summed E-state index contributed by atoms with van der Waals surface area (Å²) in [5.41, 5.74) is 2.43. The lowest BCUT2D eigenvalue weighted by Crippen LogP contribution is -2.47. The molecule has 0 radical (unpaired) electrons. The molecule has 1 saturated heterocycles. The molecular weight excluding hydrogens is 434 g/mol. The number of anilines is 1. The molecular formula is C25H25N5O4. The Morgan fingerprint density at radius 3 is 2.24 bits per heavy atom. The number of nitrogens with zero attached hydrogens (tertiary/aromatic N) is 5. The Kier molecular flexibility index (Phi) is 5.70. The van der Waals surface area contributed by atoms with Crippen molar-refractivity contribution >= 4 is 23.0 Å². The van der Waals surface area contributed by atoms with Crippen LogP contribution in [0.4, 0.5) is 5.69 Å². The maximum atomic E-state index is 13.0. The zero-order valence-electron chi connectivity index (χ0n) is 18.9. The molecule has 9 nitrogen and oxygen atoms in total. The summed E-state index contributed by atoms with van der Waals surface area (Å²) in [4.78, 5) is 42.2. The third-order valence-electron chi connectivity index (χ3n) is 6.58. The molecule has 1 aliphatic carbocycles. The van der Waals surface area contributed by atoms with E-state index in [0.717, 1.165) is 38.4 Å². The van der Waals surface area contributed by atoms with Gasteiger partial charge >= 0.3 is 0 Å². The van der Waals surface area contributed by atoms with Crippen molar-refractivity contribution in [3.8, 4) is 0 Å². The van der Waals surface area contributed by atoms with Gasteiger partial charge < -0.3 is 10.1 Å². The Morgan fingerprint density at radius 1 is 0.941 bits per heavy atom. The third-order valence-corrected chi connectivity index (χ3v) is 6.58. The van der Waals surface area contributed by atoms with E-state index in [1.165, 1.54) is 4.68 Å². The first kappa shape index (κ1) is 22.0. The second kappa shape index (κ2) is 8.83. The number of Topliss-reactive ketones (excluding diaryl/α,β-unsaturated/α-hetero) is 1. The summed E-state index contributed by atoms with van der Waals surface area (Å²) in [6, 6.07) is 14.3. The van der Waals surface area contributed by atoms with Crippen LogP contribution < -0.4 is 9.86 Å². The first-order valence-corrected chi connectivity index (χ1v) is 11.4. The van der Waals surface area contributed by atoms with Crippen LogP contribution >= 0.6 is 0 Å². The topological polar surface area (TPSA) is 102 Å². The second-order valence-corrected chi connectivity index (χ2v) is 8.66. The van der Waals surface area contributed by atoms with Gasteiger partial charge in [0.05, 0.1) is 6.54 Å². The highest BCUT2D eigenvalue weighted by Crippen LogP contribution is 2.25. The van der Waals surface area contributed by atoms with Gasteiger partial charge in [-0.3, -0.25) is 19.3 Å². The molecule has 0 spiro atoms. The molecule has 2 aliphatic rings. The summed E-state index contributed by atoms with van der Waals surface area (Å²) >= 11 is 0. The number of ketones is 3. The molecule has 9 heteroatoms. The highest BCUT2D eigenvalue weighted by molar-refractivity contribution is 6.26. The van der Waals surface area contributed by atoms with Crippen molar-refractivity contribution in [2.45, 2.75) is 19.9 Å². The van der Waals surface area contributed by atoms with Gasteiger partial charge in [0.2, 0.25) is 17.3 Å². The number of benzene rings is 2. The third kappa shape index (κ3) is 3.88. The Morgan fingerprint density at radius 2 is 1.59 bits per heavy atom. The Labute approximate surface area is 196 Å².